The first-order valence-electron chi connectivity index (χ1n) is 15.8. The van der Waals surface area contributed by atoms with E-state index in [1.54, 1.807) is 32.4 Å². The summed E-state index contributed by atoms with van der Waals surface area (Å²) in [7, 11) is -0.332. The van der Waals surface area contributed by atoms with Crippen molar-refractivity contribution in [3.05, 3.63) is 95.6 Å². The SMILES string of the molecule is CC[C@@](C)(C#Cc1c2cc3ccccc3cc2c(C#C[C@](C)(CC)OC)c2cc3sc(S(=O)(=O)c4ccc(C)cc4)cc3cc12)OC. The molecule has 0 aliphatic heterocycles. The Morgan fingerprint density at radius 2 is 1.15 bits per heavy atom. The number of thiophene rings is 1. The molecular formula is C41H38O4S2. The Morgan fingerprint density at radius 1 is 0.681 bits per heavy atom. The zero-order valence-electron chi connectivity index (χ0n) is 27.9. The summed E-state index contributed by atoms with van der Waals surface area (Å²) < 4.78 is 40.3. The normalized spacial score (nSPS) is 14.4. The molecule has 238 valence electrons. The number of sulfone groups is 1. The largest absolute Gasteiger partial charge is 0.366 e. The Morgan fingerprint density at radius 3 is 1.62 bits per heavy atom. The van der Waals surface area contributed by atoms with Gasteiger partial charge in [0.25, 0.3) is 0 Å². The number of hydrogen-bond donors (Lipinski definition) is 0. The second-order valence-electron chi connectivity index (χ2n) is 12.4. The van der Waals surface area contributed by atoms with Crippen LogP contribution >= 0.6 is 11.3 Å². The Hall–Kier alpha value is -4.17. The first-order chi connectivity index (χ1) is 22.4. The number of benzene rings is 5. The lowest BCUT2D eigenvalue weighted by atomic mass is 9.89. The van der Waals surface area contributed by atoms with Crippen molar-refractivity contribution in [2.45, 2.75) is 67.8 Å². The van der Waals surface area contributed by atoms with Crippen LogP contribution in [0.4, 0.5) is 0 Å². The second kappa shape index (κ2) is 12.5. The quantitative estimate of drug-likeness (QED) is 0.132. The molecule has 0 aliphatic rings. The van der Waals surface area contributed by atoms with Gasteiger partial charge in [-0.2, -0.15) is 0 Å². The third-order valence-corrected chi connectivity index (χ3v) is 12.7. The molecule has 6 heteroatoms. The van der Waals surface area contributed by atoms with Crippen LogP contribution in [0, 0.1) is 30.6 Å². The predicted molar refractivity (Wildman–Crippen MR) is 196 cm³/mol. The van der Waals surface area contributed by atoms with E-state index >= 15 is 0 Å². The van der Waals surface area contributed by atoms with Gasteiger partial charge in [-0.3, -0.25) is 0 Å². The lowest BCUT2D eigenvalue weighted by Crippen LogP contribution is -2.23. The van der Waals surface area contributed by atoms with Crippen LogP contribution in [0.2, 0.25) is 0 Å². The number of methoxy groups -OCH3 is 2. The fourth-order valence-corrected chi connectivity index (χ4v) is 8.43. The molecule has 0 amide bonds. The smallest absolute Gasteiger partial charge is 0.215 e. The van der Waals surface area contributed by atoms with Gasteiger partial charge in [-0.25, -0.2) is 8.42 Å². The molecule has 2 atom stereocenters. The summed E-state index contributed by atoms with van der Waals surface area (Å²) >= 11 is 1.28. The van der Waals surface area contributed by atoms with Gasteiger partial charge >= 0.3 is 0 Å². The standard InChI is InChI=1S/C41H38O4S2/c1-8-40(4,44-6)20-18-32-34-22-28-12-10-11-13-29(28)23-35(34)33(19-21-41(5,9-2)45-7)37-26-38-30(24-36(32)37)25-39(46-38)47(42,43)31-16-14-27(3)15-17-31/h10-17,22-26H,8-9H2,1-7H3/t40-,41-/m0/s1. The van der Waals surface area contributed by atoms with Crippen LogP contribution in [0.3, 0.4) is 0 Å². The van der Waals surface area contributed by atoms with Crippen molar-refractivity contribution in [2.75, 3.05) is 14.2 Å². The maximum absolute atomic E-state index is 13.8. The van der Waals surface area contributed by atoms with Crippen molar-refractivity contribution in [2.24, 2.45) is 0 Å². The summed E-state index contributed by atoms with van der Waals surface area (Å²) in [6, 6.07) is 25.6. The minimum atomic E-state index is -3.70. The zero-order chi connectivity index (χ0) is 33.6. The molecule has 0 saturated carbocycles. The average molecular weight is 659 g/mol. The van der Waals surface area contributed by atoms with Gasteiger partial charge in [-0.05, 0) is 108 Å². The maximum atomic E-state index is 13.8. The van der Waals surface area contributed by atoms with E-state index in [1.165, 1.54) is 11.3 Å². The molecule has 0 fully saturated rings. The summed E-state index contributed by atoms with van der Waals surface area (Å²) in [5.41, 5.74) is 1.48. The Bertz CT molecular complexity index is 2270. The average Bonchev–Trinajstić information content (AvgIpc) is 3.52. The number of ether oxygens (including phenoxy) is 2. The van der Waals surface area contributed by atoms with Gasteiger partial charge in [0.05, 0.1) is 4.90 Å². The molecule has 5 aromatic carbocycles. The molecule has 0 unspecified atom stereocenters. The van der Waals surface area contributed by atoms with Gasteiger partial charge < -0.3 is 9.47 Å². The zero-order valence-corrected chi connectivity index (χ0v) is 29.5. The highest BCUT2D eigenvalue weighted by Crippen LogP contribution is 2.41. The summed E-state index contributed by atoms with van der Waals surface area (Å²) in [6.45, 7) is 10.1. The van der Waals surface area contributed by atoms with Gasteiger partial charge in [0.1, 0.15) is 15.4 Å². The van der Waals surface area contributed by atoms with E-state index in [0.717, 1.165) is 71.9 Å². The highest BCUT2D eigenvalue weighted by Gasteiger charge is 2.23. The molecule has 47 heavy (non-hydrogen) atoms. The van der Waals surface area contributed by atoms with Gasteiger partial charge in [0.15, 0.2) is 0 Å². The van der Waals surface area contributed by atoms with E-state index in [1.807, 2.05) is 45.0 Å². The van der Waals surface area contributed by atoms with Crippen molar-refractivity contribution in [3.63, 3.8) is 0 Å². The first-order valence-corrected chi connectivity index (χ1v) is 18.1. The van der Waals surface area contributed by atoms with E-state index < -0.39 is 21.0 Å². The molecule has 1 aromatic heterocycles. The van der Waals surface area contributed by atoms with Crippen molar-refractivity contribution in [1.82, 2.24) is 0 Å². The van der Waals surface area contributed by atoms with E-state index in [4.69, 9.17) is 9.47 Å². The summed E-state index contributed by atoms with van der Waals surface area (Å²) in [5.74, 6) is 13.9. The van der Waals surface area contributed by atoms with E-state index in [0.29, 0.717) is 4.21 Å². The van der Waals surface area contributed by atoms with Crippen LogP contribution in [0.25, 0.3) is 42.4 Å². The monoisotopic (exact) mass is 658 g/mol. The predicted octanol–water partition coefficient (Wildman–Crippen LogP) is 9.84. The van der Waals surface area contributed by atoms with E-state index in [2.05, 4.69) is 73.9 Å². The fraction of sp³-hybridized carbons (Fsp3) is 0.268. The van der Waals surface area contributed by atoms with Crippen molar-refractivity contribution >= 4 is 63.6 Å². The molecule has 0 saturated heterocycles. The summed E-state index contributed by atoms with van der Waals surface area (Å²) in [4.78, 5) is 0.284. The minimum Gasteiger partial charge on any atom is -0.366 e. The van der Waals surface area contributed by atoms with Gasteiger partial charge in [-0.15, -0.1) is 11.3 Å². The van der Waals surface area contributed by atoms with Crippen LogP contribution in [-0.2, 0) is 19.3 Å². The van der Waals surface area contributed by atoms with Crippen LogP contribution in [0.15, 0.2) is 88.0 Å². The molecule has 6 rings (SSSR count). The maximum Gasteiger partial charge on any atom is 0.215 e. The van der Waals surface area contributed by atoms with Crippen LogP contribution < -0.4 is 0 Å². The second-order valence-corrected chi connectivity index (χ2v) is 15.6. The number of fused-ring (bicyclic) bond motifs is 4. The number of rotatable bonds is 6. The highest BCUT2D eigenvalue weighted by atomic mass is 32.2. The minimum absolute atomic E-state index is 0.284. The summed E-state index contributed by atoms with van der Waals surface area (Å²) in [6.07, 6.45) is 1.45. The van der Waals surface area contributed by atoms with Crippen molar-refractivity contribution in [1.29, 1.82) is 0 Å². The molecule has 6 aromatic rings. The van der Waals surface area contributed by atoms with Gasteiger partial charge in [0.2, 0.25) is 9.84 Å². The summed E-state index contributed by atoms with van der Waals surface area (Å²) in [5, 5.41) is 6.86. The van der Waals surface area contributed by atoms with Crippen LogP contribution in [-0.4, -0.2) is 33.8 Å². The first kappa shape index (κ1) is 32.8. The third-order valence-electron chi connectivity index (χ3n) is 9.35. The molecule has 0 spiro atoms. The Balaban J connectivity index is 1.75. The van der Waals surface area contributed by atoms with Gasteiger partial charge in [0, 0.05) is 35.4 Å². The Kier molecular flexibility index (Phi) is 8.68. The molecule has 4 nitrogen and oxygen atoms in total. The molecule has 0 bridgehead atoms. The topological polar surface area (TPSA) is 52.6 Å². The van der Waals surface area contributed by atoms with Gasteiger partial charge in [-0.1, -0.05) is 79.5 Å². The van der Waals surface area contributed by atoms with Crippen LogP contribution in [0.1, 0.15) is 57.2 Å². The van der Waals surface area contributed by atoms with E-state index in [9.17, 15) is 8.42 Å². The van der Waals surface area contributed by atoms with Crippen LogP contribution in [0.5, 0.6) is 0 Å². The van der Waals surface area contributed by atoms with Crippen molar-refractivity contribution in [3.8, 4) is 23.7 Å². The van der Waals surface area contributed by atoms with Crippen molar-refractivity contribution < 1.29 is 17.9 Å². The Labute approximate surface area is 281 Å². The molecular weight excluding hydrogens is 621 g/mol. The molecule has 0 N–H and O–H groups in total. The fourth-order valence-electron chi connectivity index (χ4n) is 5.61. The lowest BCUT2D eigenvalue weighted by Gasteiger charge is -2.20. The third kappa shape index (κ3) is 6.04. The molecule has 1 heterocycles. The molecule has 0 radical (unpaired) electrons. The number of hydrogen-bond acceptors (Lipinski definition) is 5. The highest BCUT2D eigenvalue weighted by molar-refractivity contribution is 7.93. The van der Waals surface area contributed by atoms with E-state index in [-0.39, 0.29) is 4.90 Å². The lowest BCUT2D eigenvalue weighted by molar-refractivity contribution is 0.0541. The molecule has 0 aliphatic carbocycles. The number of aryl methyl sites for hydroxylation is 1.